The van der Waals surface area contributed by atoms with E-state index >= 15 is 0 Å². The van der Waals surface area contributed by atoms with Crippen molar-refractivity contribution in [3.8, 4) is 10.9 Å². The molecule has 1 fully saturated rings. The molecule has 0 bridgehead atoms. The molecule has 1 saturated carbocycles. The van der Waals surface area contributed by atoms with Gasteiger partial charge in [0.05, 0.1) is 11.2 Å². The van der Waals surface area contributed by atoms with Crippen molar-refractivity contribution in [2.45, 2.75) is 51.5 Å². The van der Waals surface area contributed by atoms with E-state index in [0.29, 0.717) is 12.3 Å². The van der Waals surface area contributed by atoms with Gasteiger partial charge >= 0.3 is 0 Å². The van der Waals surface area contributed by atoms with Crippen LogP contribution in [-0.4, -0.2) is 33.7 Å². The Kier molecular flexibility index (Phi) is 7.29. The molecule has 2 aromatic heterocycles. The molecule has 2 aliphatic rings. The Morgan fingerprint density at radius 2 is 1.81 bits per heavy atom. The number of thiazole rings is 1. The van der Waals surface area contributed by atoms with Gasteiger partial charge in [0, 0.05) is 41.5 Å². The number of ether oxygens (including phenoxy) is 1. The fourth-order valence-corrected chi connectivity index (χ4v) is 6.79. The van der Waals surface area contributed by atoms with Crippen LogP contribution in [0, 0.1) is 11.8 Å². The number of rotatable bonds is 8. The van der Waals surface area contributed by atoms with Gasteiger partial charge in [0.1, 0.15) is 5.75 Å². The highest BCUT2D eigenvalue weighted by atomic mass is 32.1. The minimum Gasteiger partial charge on any atom is -0.431 e. The third-order valence-corrected chi connectivity index (χ3v) is 9.01. The number of ketones is 1. The van der Waals surface area contributed by atoms with E-state index in [-0.39, 0.29) is 5.78 Å². The SMILES string of the molecule is O=C(CC1CCC(CCN2CCc3sc(Oc4ccccc4)nc3C2)CC1)c1cccc2ncccc12. The highest BCUT2D eigenvalue weighted by Gasteiger charge is 2.26. The summed E-state index contributed by atoms with van der Waals surface area (Å²) in [4.78, 5) is 26.2. The van der Waals surface area contributed by atoms with Crippen LogP contribution in [0.4, 0.5) is 0 Å². The van der Waals surface area contributed by atoms with Crippen molar-refractivity contribution in [3.63, 3.8) is 0 Å². The molecular formula is C31H33N3O2S. The maximum Gasteiger partial charge on any atom is 0.279 e. The Morgan fingerprint density at radius 1 is 0.973 bits per heavy atom. The lowest BCUT2D eigenvalue weighted by atomic mass is 9.78. The summed E-state index contributed by atoms with van der Waals surface area (Å²) in [5.74, 6) is 2.38. The van der Waals surface area contributed by atoms with Crippen molar-refractivity contribution < 1.29 is 9.53 Å². The fourth-order valence-electron chi connectivity index (χ4n) is 5.86. The number of nitrogens with zero attached hydrogens (tertiary/aromatic N) is 3. The molecule has 37 heavy (non-hydrogen) atoms. The van der Waals surface area contributed by atoms with Gasteiger partial charge in [-0.2, -0.15) is 0 Å². The van der Waals surface area contributed by atoms with Crippen molar-refractivity contribution in [3.05, 3.63) is 83.0 Å². The molecule has 0 N–H and O–H groups in total. The number of fused-ring (bicyclic) bond motifs is 2. The van der Waals surface area contributed by atoms with Crippen LogP contribution in [0.2, 0.25) is 0 Å². The standard InChI is InChI=1S/C31H33N3O2S/c35-29(26-8-4-10-27-25(26)9-5-17-32-27)20-23-13-11-22(12-14-23)15-18-34-19-16-30-28(21-34)33-31(37-30)36-24-6-2-1-3-7-24/h1-10,17,22-23H,11-16,18-21H2. The molecule has 6 rings (SSSR count). The van der Waals surface area contributed by atoms with Crippen molar-refractivity contribution in [2.75, 3.05) is 13.1 Å². The van der Waals surface area contributed by atoms with Gasteiger partial charge in [-0.1, -0.05) is 60.6 Å². The number of para-hydroxylation sites is 1. The van der Waals surface area contributed by atoms with Crippen molar-refractivity contribution in [1.29, 1.82) is 0 Å². The minimum atomic E-state index is 0.269. The van der Waals surface area contributed by atoms with Gasteiger partial charge in [0.2, 0.25) is 0 Å². The van der Waals surface area contributed by atoms with E-state index < -0.39 is 0 Å². The molecule has 3 heterocycles. The zero-order valence-corrected chi connectivity index (χ0v) is 22.0. The molecule has 0 spiro atoms. The first-order chi connectivity index (χ1) is 18.2. The van der Waals surface area contributed by atoms with Gasteiger partial charge in [0.15, 0.2) is 5.78 Å². The second-order valence-corrected chi connectivity index (χ2v) is 11.5. The average Bonchev–Trinajstić information content (AvgIpc) is 3.34. The first-order valence-corrected chi connectivity index (χ1v) is 14.3. The number of carbonyl (C=O) groups excluding carboxylic acids is 1. The number of aromatic nitrogens is 2. The summed E-state index contributed by atoms with van der Waals surface area (Å²) in [6, 6.07) is 19.7. The largest absolute Gasteiger partial charge is 0.431 e. The zero-order chi connectivity index (χ0) is 25.0. The van der Waals surface area contributed by atoms with Crippen LogP contribution >= 0.6 is 11.3 Å². The van der Waals surface area contributed by atoms with Gasteiger partial charge < -0.3 is 4.74 Å². The zero-order valence-electron chi connectivity index (χ0n) is 21.1. The van der Waals surface area contributed by atoms with Gasteiger partial charge in [-0.15, -0.1) is 0 Å². The van der Waals surface area contributed by atoms with Crippen LogP contribution in [0.15, 0.2) is 66.9 Å². The van der Waals surface area contributed by atoms with Crippen LogP contribution in [0.5, 0.6) is 10.9 Å². The second-order valence-electron chi connectivity index (χ2n) is 10.5. The van der Waals surface area contributed by atoms with Gasteiger partial charge in [-0.25, -0.2) is 4.98 Å². The van der Waals surface area contributed by atoms with E-state index in [0.717, 1.165) is 72.2 Å². The number of pyridine rings is 1. The molecule has 0 amide bonds. The minimum absolute atomic E-state index is 0.269. The summed E-state index contributed by atoms with van der Waals surface area (Å²) in [5, 5.41) is 1.73. The Hall–Kier alpha value is -3.09. The number of Topliss-reactive ketones (excluding diaryl/α,β-unsaturated/α-hetero) is 1. The highest BCUT2D eigenvalue weighted by molar-refractivity contribution is 7.13. The first kappa shape index (κ1) is 24.3. The average molecular weight is 512 g/mol. The molecule has 0 saturated heterocycles. The lowest BCUT2D eigenvalue weighted by molar-refractivity contribution is 0.0941. The van der Waals surface area contributed by atoms with E-state index in [4.69, 9.17) is 9.72 Å². The predicted molar refractivity (Wildman–Crippen MR) is 148 cm³/mol. The number of hydrogen-bond acceptors (Lipinski definition) is 6. The normalized spacial score (nSPS) is 20.0. The topological polar surface area (TPSA) is 55.3 Å². The van der Waals surface area contributed by atoms with E-state index in [1.165, 1.54) is 29.8 Å². The quantitative estimate of drug-likeness (QED) is 0.232. The summed E-state index contributed by atoms with van der Waals surface area (Å²) < 4.78 is 5.97. The lowest BCUT2D eigenvalue weighted by Gasteiger charge is -2.31. The molecule has 4 aromatic rings. The number of benzene rings is 2. The first-order valence-electron chi connectivity index (χ1n) is 13.5. The fraction of sp³-hybridized carbons (Fsp3) is 0.387. The second kappa shape index (κ2) is 11.1. The van der Waals surface area contributed by atoms with E-state index in [9.17, 15) is 4.79 Å². The monoisotopic (exact) mass is 511 g/mol. The molecule has 190 valence electrons. The third-order valence-electron chi connectivity index (χ3n) is 7.98. The Morgan fingerprint density at radius 3 is 2.68 bits per heavy atom. The molecule has 1 aliphatic heterocycles. The number of carbonyl (C=O) groups is 1. The van der Waals surface area contributed by atoms with Gasteiger partial charge in [-0.3, -0.25) is 14.7 Å². The van der Waals surface area contributed by atoms with Crippen LogP contribution in [0.25, 0.3) is 10.9 Å². The molecule has 5 nitrogen and oxygen atoms in total. The summed E-state index contributed by atoms with van der Waals surface area (Å²) in [5.41, 5.74) is 2.92. The Balaban J connectivity index is 0.962. The van der Waals surface area contributed by atoms with E-state index in [1.54, 1.807) is 17.5 Å². The summed E-state index contributed by atoms with van der Waals surface area (Å²) >= 11 is 1.69. The molecule has 6 heteroatoms. The van der Waals surface area contributed by atoms with E-state index in [2.05, 4.69) is 9.88 Å². The molecule has 0 unspecified atom stereocenters. The van der Waals surface area contributed by atoms with Crippen LogP contribution in [0.3, 0.4) is 0 Å². The number of hydrogen-bond donors (Lipinski definition) is 0. The molecule has 1 aliphatic carbocycles. The van der Waals surface area contributed by atoms with Crippen molar-refractivity contribution >= 4 is 28.0 Å². The van der Waals surface area contributed by atoms with E-state index in [1.807, 2.05) is 60.7 Å². The van der Waals surface area contributed by atoms with Gasteiger partial charge in [0.25, 0.3) is 5.19 Å². The smallest absolute Gasteiger partial charge is 0.279 e. The molecule has 0 radical (unpaired) electrons. The molecular weight excluding hydrogens is 478 g/mol. The maximum atomic E-state index is 13.1. The van der Waals surface area contributed by atoms with Crippen LogP contribution < -0.4 is 4.74 Å². The third kappa shape index (κ3) is 5.76. The summed E-state index contributed by atoms with van der Waals surface area (Å²) in [6.45, 7) is 3.15. The predicted octanol–water partition coefficient (Wildman–Crippen LogP) is 7.31. The summed E-state index contributed by atoms with van der Waals surface area (Å²) in [6.07, 6.45) is 9.54. The van der Waals surface area contributed by atoms with Crippen molar-refractivity contribution in [1.82, 2.24) is 14.9 Å². The van der Waals surface area contributed by atoms with Crippen LogP contribution in [0.1, 0.15) is 59.5 Å². The van der Waals surface area contributed by atoms with Gasteiger partial charge in [-0.05, 0) is 68.3 Å². The van der Waals surface area contributed by atoms with Crippen molar-refractivity contribution in [2.24, 2.45) is 11.8 Å². The molecule has 0 atom stereocenters. The lowest BCUT2D eigenvalue weighted by Crippen LogP contribution is -2.32. The summed E-state index contributed by atoms with van der Waals surface area (Å²) in [7, 11) is 0. The Bertz CT molecular complexity index is 1360. The van der Waals surface area contributed by atoms with Crippen LogP contribution in [-0.2, 0) is 13.0 Å². The molecule has 2 aromatic carbocycles. The Labute approximate surface area is 222 Å². The highest BCUT2D eigenvalue weighted by Crippen LogP contribution is 2.36. The maximum absolute atomic E-state index is 13.1.